The third-order valence-corrected chi connectivity index (χ3v) is 9.20. The molecule has 6 aromatic carbocycles. The van der Waals surface area contributed by atoms with Crippen molar-refractivity contribution in [3.8, 4) is 22.3 Å². The Labute approximate surface area is 249 Å². The number of anilines is 4. The lowest BCUT2D eigenvalue weighted by Gasteiger charge is -2.26. The van der Waals surface area contributed by atoms with E-state index >= 15 is 0 Å². The Kier molecular flexibility index (Phi) is 6.09. The minimum Gasteiger partial charge on any atom is -0.373 e. The van der Waals surface area contributed by atoms with Crippen LogP contribution in [0.5, 0.6) is 0 Å². The van der Waals surface area contributed by atoms with Gasteiger partial charge < -0.3 is 10.2 Å². The van der Waals surface area contributed by atoms with Gasteiger partial charge in [-0.25, -0.2) is 0 Å². The molecule has 1 N–H and O–H groups in total. The van der Waals surface area contributed by atoms with Gasteiger partial charge in [0.2, 0.25) is 0 Å². The summed E-state index contributed by atoms with van der Waals surface area (Å²) < 4.78 is 1.29. The van der Waals surface area contributed by atoms with Gasteiger partial charge in [0.25, 0.3) is 0 Å². The Bertz CT molecular complexity index is 2070. The molecule has 0 aliphatic carbocycles. The summed E-state index contributed by atoms with van der Waals surface area (Å²) in [5.74, 6) is 0. The minimum absolute atomic E-state index is 0.885. The van der Waals surface area contributed by atoms with E-state index in [1.165, 1.54) is 53.7 Å². The lowest BCUT2D eigenvalue weighted by molar-refractivity contribution is 1.29. The van der Waals surface area contributed by atoms with Crippen LogP contribution in [-0.4, -0.2) is 6.54 Å². The van der Waals surface area contributed by atoms with Gasteiger partial charge in [-0.3, -0.25) is 0 Å². The molecule has 42 heavy (non-hydrogen) atoms. The highest BCUT2D eigenvalue weighted by molar-refractivity contribution is 7.23. The molecule has 0 spiro atoms. The fourth-order valence-electron chi connectivity index (χ4n) is 5.92. The van der Waals surface area contributed by atoms with Crippen LogP contribution >= 0.6 is 11.3 Å². The SMILES string of the molecule is C1=Cc2c(sc3cc(N(c4ccc(-c5ccccc5)cc4)c4ccc(-c5ccc6ccccc6c5)cc4)ccc23)NC1. The second-order valence-electron chi connectivity index (χ2n) is 10.7. The summed E-state index contributed by atoms with van der Waals surface area (Å²) in [4.78, 5) is 2.36. The van der Waals surface area contributed by atoms with Gasteiger partial charge in [0, 0.05) is 39.3 Å². The number of hydrogen-bond donors (Lipinski definition) is 1. The maximum atomic E-state index is 3.54. The fourth-order valence-corrected chi connectivity index (χ4v) is 7.05. The van der Waals surface area contributed by atoms with Gasteiger partial charge in [-0.15, -0.1) is 11.3 Å². The van der Waals surface area contributed by atoms with Crippen molar-refractivity contribution >= 4 is 60.3 Å². The quantitative estimate of drug-likeness (QED) is 0.227. The van der Waals surface area contributed by atoms with Gasteiger partial charge in [-0.2, -0.15) is 0 Å². The monoisotopic (exact) mass is 556 g/mol. The van der Waals surface area contributed by atoms with Crippen molar-refractivity contribution in [2.75, 3.05) is 16.8 Å². The minimum atomic E-state index is 0.885. The molecule has 0 fully saturated rings. The van der Waals surface area contributed by atoms with Crippen molar-refractivity contribution in [1.29, 1.82) is 0 Å². The number of fused-ring (bicyclic) bond motifs is 4. The summed E-state index contributed by atoms with van der Waals surface area (Å²) >= 11 is 1.83. The summed E-state index contributed by atoms with van der Waals surface area (Å²) in [6, 6.07) is 50.5. The molecule has 0 radical (unpaired) electrons. The third-order valence-electron chi connectivity index (χ3n) is 8.08. The number of hydrogen-bond acceptors (Lipinski definition) is 3. The van der Waals surface area contributed by atoms with E-state index in [2.05, 4.69) is 162 Å². The Morgan fingerprint density at radius 3 is 1.90 bits per heavy atom. The van der Waals surface area contributed by atoms with Crippen LogP contribution in [0.15, 0.2) is 146 Å². The molecule has 0 saturated heterocycles. The lowest BCUT2D eigenvalue weighted by atomic mass is 10.0. The van der Waals surface area contributed by atoms with Crippen molar-refractivity contribution in [1.82, 2.24) is 0 Å². The normalized spacial score (nSPS) is 12.3. The molecule has 2 heterocycles. The summed E-state index contributed by atoms with van der Waals surface area (Å²) in [5, 5.41) is 8.61. The molecular formula is C39H28N2S. The van der Waals surface area contributed by atoms with Crippen LogP contribution < -0.4 is 10.2 Å². The maximum absolute atomic E-state index is 3.54. The molecule has 1 aliphatic heterocycles. The van der Waals surface area contributed by atoms with E-state index in [0.717, 1.165) is 23.6 Å². The van der Waals surface area contributed by atoms with Gasteiger partial charge in [-0.05, 0) is 75.5 Å². The van der Waals surface area contributed by atoms with Crippen molar-refractivity contribution < 1.29 is 0 Å². The first kappa shape index (κ1) is 24.7. The van der Waals surface area contributed by atoms with E-state index < -0.39 is 0 Å². The third kappa shape index (κ3) is 4.45. The van der Waals surface area contributed by atoms with E-state index in [1.54, 1.807) is 0 Å². The second-order valence-corrected chi connectivity index (χ2v) is 11.7. The maximum Gasteiger partial charge on any atom is 0.0971 e. The molecule has 200 valence electrons. The standard InChI is InChI=1S/C39H28N2S/c1-2-7-27(8-3-1)29-14-18-33(19-15-29)41(35-22-23-36-37-11-6-24-40-39(37)42-38(36)26-35)34-20-16-30(17-21-34)32-13-12-28-9-4-5-10-31(28)25-32/h1-23,25-26,40H,24H2. The number of benzene rings is 6. The zero-order valence-corrected chi connectivity index (χ0v) is 23.8. The van der Waals surface area contributed by atoms with Crippen molar-refractivity contribution in [2.24, 2.45) is 0 Å². The van der Waals surface area contributed by atoms with Crippen molar-refractivity contribution in [3.63, 3.8) is 0 Å². The number of thiophene rings is 1. The van der Waals surface area contributed by atoms with E-state index in [9.17, 15) is 0 Å². The molecule has 1 aliphatic rings. The summed E-state index contributed by atoms with van der Waals surface area (Å²) in [5.41, 5.74) is 9.58. The number of nitrogens with zero attached hydrogens (tertiary/aromatic N) is 1. The lowest BCUT2D eigenvalue weighted by Crippen LogP contribution is -2.09. The number of nitrogens with one attached hydrogen (secondary N) is 1. The predicted octanol–water partition coefficient (Wildman–Crippen LogP) is 11.3. The summed E-state index contributed by atoms with van der Waals surface area (Å²) in [6.45, 7) is 0.885. The fraction of sp³-hybridized carbons (Fsp3) is 0.0256. The highest BCUT2D eigenvalue weighted by atomic mass is 32.1. The van der Waals surface area contributed by atoms with E-state index in [1.807, 2.05) is 11.3 Å². The average Bonchev–Trinajstić information content (AvgIpc) is 3.44. The van der Waals surface area contributed by atoms with Crippen LogP contribution in [0.25, 0.3) is 49.2 Å². The zero-order chi connectivity index (χ0) is 27.9. The predicted molar refractivity (Wildman–Crippen MR) is 182 cm³/mol. The highest BCUT2D eigenvalue weighted by Crippen LogP contribution is 2.43. The Balaban J connectivity index is 1.21. The largest absolute Gasteiger partial charge is 0.373 e. The van der Waals surface area contributed by atoms with Crippen LogP contribution in [0, 0.1) is 0 Å². The highest BCUT2D eigenvalue weighted by Gasteiger charge is 2.17. The van der Waals surface area contributed by atoms with Gasteiger partial charge in [0.15, 0.2) is 0 Å². The first-order valence-electron chi connectivity index (χ1n) is 14.3. The molecule has 8 rings (SSSR count). The Morgan fingerprint density at radius 2 is 1.14 bits per heavy atom. The zero-order valence-electron chi connectivity index (χ0n) is 23.0. The van der Waals surface area contributed by atoms with Crippen LogP contribution in [0.2, 0.25) is 0 Å². The first-order valence-corrected chi connectivity index (χ1v) is 15.1. The molecule has 0 atom stereocenters. The molecule has 0 amide bonds. The molecule has 7 aromatic rings. The smallest absolute Gasteiger partial charge is 0.0971 e. The summed E-state index contributed by atoms with van der Waals surface area (Å²) in [6.07, 6.45) is 4.44. The molecule has 3 heteroatoms. The molecule has 1 aromatic heterocycles. The van der Waals surface area contributed by atoms with Crippen LogP contribution in [-0.2, 0) is 0 Å². The average molecular weight is 557 g/mol. The van der Waals surface area contributed by atoms with Crippen molar-refractivity contribution in [3.05, 3.63) is 151 Å². The van der Waals surface area contributed by atoms with E-state index in [-0.39, 0.29) is 0 Å². The van der Waals surface area contributed by atoms with Crippen molar-refractivity contribution in [2.45, 2.75) is 0 Å². The Hall–Kier alpha value is -5.12. The van der Waals surface area contributed by atoms with E-state index in [0.29, 0.717) is 0 Å². The summed E-state index contributed by atoms with van der Waals surface area (Å²) in [7, 11) is 0. The molecule has 0 saturated carbocycles. The topological polar surface area (TPSA) is 15.3 Å². The second kappa shape index (κ2) is 10.4. The first-order chi connectivity index (χ1) is 20.8. The van der Waals surface area contributed by atoms with Gasteiger partial charge in [0.05, 0.1) is 5.00 Å². The van der Waals surface area contributed by atoms with Gasteiger partial charge in [-0.1, -0.05) is 109 Å². The van der Waals surface area contributed by atoms with Gasteiger partial charge >= 0.3 is 0 Å². The van der Waals surface area contributed by atoms with E-state index in [4.69, 9.17) is 0 Å². The number of rotatable bonds is 5. The molecule has 2 nitrogen and oxygen atoms in total. The Morgan fingerprint density at radius 1 is 0.524 bits per heavy atom. The molecule has 0 unspecified atom stereocenters. The van der Waals surface area contributed by atoms with Crippen LogP contribution in [0.3, 0.4) is 0 Å². The molecular weight excluding hydrogens is 529 g/mol. The van der Waals surface area contributed by atoms with Crippen LogP contribution in [0.1, 0.15) is 5.56 Å². The van der Waals surface area contributed by atoms with Gasteiger partial charge in [0.1, 0.15) is 0 Å². The molecule has 0 bridgehead atoms. The van der Waals surface area contributed by atoms with Crippen LogP contribution in [0.4, 0.5) is 22.1 Å².